The van der Waals surface area contributed by atoms with Crippen LogP contribution in [0.1, 0.15) is 12.5 Å². The van der Waals surface area contributed by atoms with Crippen molar-refractivity contribution in [3.05, 3.63) is 28.8 Å². The summed E-state index contributed by atoms with van der Waals surface area (Å²) >= 11 is 5.95. The average molecular weight is 199 g/mol. The second-order valence-corrected chi connectivity index (χ2v) is 4.02. The average Bonchev–Trinajstić information content (AvgIpc) is 2.45. The van der Waals surface area contributed by atoms with Crippen LogP contribution in [0.15, 0.2) is 18.2 Å². The van der Waals surface area contributed by atoms with Crippen LogP contribution in [0, 0.1) is 0 Å². The van der Waals surface area contributed by atoms with Gasteiger partial charge in [-0.15, -0.1) is 0 Å². The second kappa shape index (κ2) is 2.89. The van der Waals surface area contributed by atoms with E-state index in [0.29, 0.717) is 5.02 Å². The van der Waals surface area contributed by atoms with Crippen LogP contribution in [0.25, 0.3) is 0 Å². The molecule has 1 heterocycles. The molecule has 0 saturated heterocycles. The maximum Gasteiger partial charge on any atom is 0.142 e. The molecule has 0 aromatic heterocycles. The molecule has 0 bridgehead atoms. The van der Waals surface area contributed by atoms with Crippen LogP contribution >= 0.6 is 11.6 Å². The van der Waals surface area contributed by atoms with Gasteiger partial charge < -0.3 is 9.84 Å². The number of aliphatic hydroxyl groups is 1. The molecule has 1 aromatic rings. The van der Waals surface area contributed by atoms with Gasteiger partial charge in [-0.05, 0) is 18.6 Å². The maximum atomic E-state index is 9.12. The van der Waals surface area contributed by atoms with Gasteiger partial charge >= 0.3 is 0 Å². The predicted molar refractivity (Wildman–Crippen MR) is 51.3 cm³/mol. The number of aliphatic hydroxyl groups excluding tert-OH is 1. The number of benzene rings is 1. The van der Waals surface area contributed by atoms with Crippen molar-refractivity contribution in [3.63, 3.8) is 0 Å². The predicted octanol–water partition coefficient (Wildman–Crippen LogP) is 2.03. The molecule has 0 radical (unpaired) electrons. The van der Waals surface area contributed by atoms with Crippen LogP contribution in [-0.4, -0.2) is 17.3 Å². The van der Waals surface area contributed by atoms with Crippen molar-refractivity contribution in [3.8, 4) is 5.75 Å². The number of fused-ring (bicyclic) bond motifs is 1. The van der Waals surface area contributed by atoms with E-state index in [4.69, 9.17) is 21.4 Å². The molecule has 2 rings (SSSR count). The Kier molecular flexibility index (Phi) is 1.97. The summed E-state index contributed by atoms with van der Waals surface area (Å²) in [4.78, 5) is 0. The van der Waals surface area contributed by atoms with Crippen molar-refractivity contribution in [1.82, 2.24) is 0 Å². The van der Waals surface area contributed by atoms with Gasteiger partial charge in [0.2, 0.25) is 0 Å². The monoisotopic (exact) mass is 198 g/mol. The third kappa shape index (κ3) is 1.40. The van der Waals surface area contributed by atoms with Crippen molar-refractivity contribution in [1.29, 1.82) is 0 Å². The molecule has 0 fully saturated rings. The van der Waals surface area contributed by atoms with E-state index >= 15 is 0 Å². The van der Waals surface area contributed by atoms with Gasteiger partial charge in [0.25, 0.3) is 0 Å². The first-order chi connectivity index (χ1) is 6.14. The minimum Gasteiger partial charge on any atom is -0.483 e. The highest BCUT2D eigenvalue weighted by Gasteiger charge is 2.35. The van der Waals surface area contributed by atoms with E-state index in [0.717, 1.165) is 17.7 Å². The van der Waals surface area contributed by atoms with Crippen LogP contribution in [0.3, 0.4) is 0 Å². The topological polar surface area (TPSA) is 29.5 Å². The molecular formula is C10H11ClO2. The first-order valence-electron chi connectivity index (χ1n) is 4.22. The van der Waals surface area contributed by atoms with Crippen molar-refractivity contribution in [2.24, 2.45) is 0 Å². The highest BCUT2D eigenvalue weighted by Crippen LogP contribution is 2.39. The summed E-state index contributed by atoms with van der Waals surface area (Å²) in [5.74, 6) is 0.723. The van der Waals surface area contributed by atoms with Gasteiger partial charge in [-0.1, -0.05) is 23.7 Å². The molecule has 13 heavy (non-hydrogen) atoms. The van der Waals surface area contributed by atoms with Crippen molar-refractivity contribution in [2.75, 3.05) is 6.61 Å². The lowest BCUT2D eigenvalue weighted by molar-refractivity contribution is 0.0447. The second-order valence-electron chi connectivity index (χ2n) is 3.61. The van der Waals surface area contributed by atoms with E-state index < -0.39 is 5.60 Å². The Balaban J connectivity index is 2.40. The Labute approximate surface area is 82.1 Å². The lowest BCUT2D eigenvalue weighted by Gasteiger charge is -2.20. The standard InChI is InChI=1S/C10H11ClO2/c1-10(6-12)5-7-3-2-4-8(11)9(7)13-10/h2-4,12H,5-6H2,1H3. The molecule has 3 heteroatoms. The molecule has 0 saturated carbocycles. The summed E-state index contributed by atoms with van der Waals surface area (Å²) in [6.45, 7) is 1.89. The van der Waals surface area contributed by atoms with Crippen LogP contribution in [0.5, 0.6) is 5.75 Å². The van der Waals surface area contributed by atoms with E-state index in [-0.39, 0.29) is 6.61 Å². The summed E-state index contributed by atoms with van der Waals surface area (Å²) in [6.07, 6.45) is 0.722. The van der Waals surface area contributed by atoms with Gasteiger partial charge in [0.05, 0.1) is 11.6 Å². The van der Waals surface area contributed by atoms with Crippen LogP contribution < -0.4 is 4.74 Å². The maximum absolute atomic E-state index is 9.12. The number of ether oxygens (including phenoxy) is 1. The summed E-state index contributed by atoms with van der Waals surface area (Å²) in [5.41, 5.74) is 0.580. The SMILES string of the molecule is CC1(CO)Cc2cccc(Cl)c2O1. The van der Waals surface area contributed by atoms with E-state index in [9.17, 15) is 0 Å². The number of hydrogen-bond acceptors (Lipinski definition) is 2. The number of hydrogen-bond donors (Lipinski definition) is 1. The first kappa shape index (κ1) is 8.85. The molecule has 1 atom stereocenters. The molecule has 0 spiro atoms. The fourth-order valence-corrected chi connectivity index (χ4v) is 1.81. The van der Waals surface area contributed by atoms with Crippen LogP contribution in [0.2, 0.25) is 5.02 Å². The van der Waals surface area contributed by atoms with Crippen LogP contribution in [0.4, 0.5) is 0 Å². The summed E-state index contributed by atoms with van der Waals surface area (Å²) in [5, 5.41) is 9.74. The summed E-state index contributed by atoms with van der Waals surface area (Å²) in [6, 6.07) is 5.67. The fourth-order valence-electron chi connectivity index (χ4n) is 1.58. The third-order valence-corrected chi connectivity index (χ3v) is 2.59. The Hall–Kier alpha value is -0.730. The number of halogens is 1. The van der Waals surface area contributed by atoms with Gasteiger partial charge in [-0.3, -0.25) is 0 Å². The van der Waals surface area contributed by atoms with Gasteiger partial charge in [0.15, 0.2) is 0 Å². The first-order valence-corrected chi connectivity index (χ1v) is 4.60. The molecule has 1 aliphatic heterocycles. The molecule has 1 aromatic carbocycles. The minimum absolute atomic E-state index is 0.0119. The zero-order chi connectivity index (χ0) is 9.47. The Morgan fingerprint density at radius 3 is 3.00 bits per heavy atom. The Morgan fingerprint density at radius 1 is 1.62 bits per heavy atom. The summed E-state index contributed by atoms with van der Waals surface area (Å²) in [7, 11) is 0. The Morgan fingerprint density at radius 2 is 2.38 bits per heavy atom. The summed E-state index contributed by atoms with van der Waals surface area (Å²) < 4.78 is 5.59. The smallest absolute Gasteiger partial charge is 0.142 e. The third-order valence-electron chi connectivity index (χ3n) is 2.30. The molecular weight excluding hydrogens is 188 g/mol. The Bertz CT molecular complexity index is 338. The largest absolute Gasteiger partial charge is 0.483 e. The van der Waals surface area contributed by atoms with E-state index in [1.165, 1.54) is 0 Å². The molecule has 1 N–H and O–H groups in total. The normalized spacial score (nSPS) is 25.5. The molecule has 2 nitrogen and oxygen atoms in total. The zero-order valence-electron chi connectivity index (χ0n) is 7.38. The van der Waals surface area contributed by atoms with Crippen molar-refractivity contribution in [2.45, 2.75) is 18.9 Å². The van der Waals surface area contributed by atoms with E-state index in [1.54, 1.807) is 6.07 Å². The molecule has 70 valence electrons. The highest BCUT2D eigenvalue weighted by atomic mass is 35.5. The van der Waals surface area contributed by atoms with E-state index in [1.807, 2.05) is 19.1 Å². The minimum atomic E-state index is -0.493. The van der Waals surface area contributed by atoms with E-state index in [2.05, 4.69) is 0 Å². The number of para-hydroxylation sites is 1. The molecule has 1 unspecified atom stereocenters. The molecule has 0 aliphatic carbocycles. The van der Waals surface area contributed by atoms with Crippen LogP contribution in [-0.2, 0) is 6.42 Å². The zero-order valence-corrected chi connectivity index (χ0v) is 8.14. The molecule has 0 amide bonds. The lowest BCUT2D eigenvalue weighted by Crippen LogP contribution is -2.34. The highest BCUT2D eigenvalue weighted by molar-refractivity contribution is 6.32. The lowest BCUT2D eigenvalue weighted by atomic mass is 10.0. The van der Waals surface area contributed by atoms with Gasteiger partial charge in [-0.2, -0.15) is 0 Å². The number of rotatable bonds is 1. The van der Waals surface area contributed by atoms with Crippen molar-refractivity contribution >= 4 is 11.6 Å². The van der Waals surface area contributed by atoms with Gasteiger partial charge in [0, 0.05) is 6.42 Å². The van der Waals surface area contributed by atoms with Crippen molar-refractivity contribution < 1.29 is 9.84 Å². The fraction of sp³-hybridized carbons (Fsp3) is 0.400. The quantitative estimate of drug-likeness (QED) is 0.748. The van der Waals surface area contributed by atoms with Gasteiger partial charge in [-0.25, -0.2) is 0 Å². The molecule has 1 aliphatic rings. The van der Waals surface area contributed by atoms with Gasteiger partial charge in [0.1, 0.15) is 11.4 Å².